The molecule has 0 saturated heterocycles. The third-order valence-electron chi connectivity index (χ3n) is 5.44. The summed E-state index contributed by atoms with van der Waals surface area (Å²) >= 11 is 6.97. The molecule has 1 aliphatic carbocycles. The van der Waals surface area contributed by atoms with Crippen LogP contribution in [0.15, 0.2) is 16.5 Å². The minimum atomic E-state index is -3.15. The highest BCUT2D eigenvalue weighted by Gasteiger charge is 2.30. The van der Waals surface area contributed by atoms with Crippen molar-refractivity contribution in [3.8, 4) is 0 Å². The maximum absolute atomic E-state index is 13.4. The summed E-state index contributed by atoms with van der Waals surface area (Å²) in [6, 6.07) is 2.65. The molecule has 3 aromatic rings. The number of alkyl halides is 4. The van der Waals surface area contributed by atoms with Crippen LogP contribution in [0, 0.1) is 0 Å². The van der Waals surface area contributed by atoms with Gasteiger partial charge in [-0.15, -0.1) is 11.3 Å². The average molecular weight is 534 g/mol. The lowest BCUT2D eigenvalue weighted by Gasteiger charge is -2.12. The van der Waals surface area contributed by atoms with Crippen molar-refractivity contribution < 1.29 is 36.3 Å². The van der Waals surface area contributed by atoms with E-state index in [1.807, 2.05) is 0 Å². The van der Waals surface area contributed by atoms with E-state index in [0.29, 0.717) is 21.7 Å². The van der Waals surface area contributed by atoms with Gasteiger partial charge in [-0.05, 0) is 50.3 Å². The molecule has 0 unspecified atom stereocenters. The SMILES string of the molecule is CCOC(=O)c1c(NC(=O)c2ccc(Cn3nc(C(F)F)c(Cl)c3C(F)F)o2)sc2c1CCCC2. The molecule has 0 aliphatic heterocycles. The summed E-state index contributed by atoms with van der Waals surface area (Å²) in [6.45, 7) is 1.43. The molecule has 0 fully saturated rings. The van der Waals surface area contributed by atoms with Gasteiger partial charge in [0.05, 0.1) is 23.7 Å². The van der Waals surface area contributed by atoms with Crippen molar-refractivity contribution in [2.45, 2.75) is 52.0 Å². The van der Waals surface area contributed by atoms with Crippen molar-refractivity contribution >= 4 is 39.8 Å². The fourth-order valence-electron chi connectivity index (χ4n) is 3.91. The van der Waals surface area contributed by atoms with Crippen molar-refractivity contribution in [1.82, 2.24) is 9.78 Å². The first-order valence-electron chi connectivity index (χ1n) is 10.7. The molecule has 3 heterocycles. The summed E-state index contributed by atoms with van der Waals surface area (Å²) in [6.07, 6.45) is -2.87. The number of carbonyl (C=O) groups excluding carboxylic acids is 2. The Morgan fingerprint density at radius 1 is 1.23 bits per heavy atom. The summed E-state index contributed by atoms with van der Waals surface area (Å²) in [4.78, 5) is 26.4. The van der Waals surface area contributed by atoms with Crippen LogP contribution in [-0.4, -0.2) is 28.3 Å². The minimum absolute atomic E-state index is 0.0214. The maximum Gasteiger partial charge on any atom is 0.341 e. The molecule has 3 aromatic heterocycles. The number of esters is 1. The van der Waals surface area contributed by atoms with Crippen molar-refractivity contribution in [2.75, 3.05) is 11.9 Å². The van der Waals surface area contributed by atoms with Gasteiger partial charge in [0.15, 0.2) is 5.76 Å². The summed E-state index contributed by atoms with van der Waals surface area (Å²) in [5, 5.41) is 5.69. The summed E-state index contributed by atoms with van der Waals surface area (Å²) in [7, 11) is 0. The number of nitrogens with zero attached hydrogens (tertiary/aromatic N) is 2. The Morgan fingerprint density at radius 3 is 2.66 bits per heavy atom. The minimum Gasteiger partial charge on any atom is -0.462 e. The largest absolute Gasteiger partial charge is 0.462 e. The molecule has 35 heavy (non-hydrogen) atoms. The molecule has 1 N–H and O–H groups in total. The van der Waals surface area contributed by atoms with Gasteiger partial charge in [0, 0.05) is 4.88 Å². The molecule has 1 aliphatic rings. The molecule has 188 valence electrons. The van der Waals surface area contributed by atoms with E-state index in [1.165, 1.54) is 23.5 Å². The molecular weight excluding hydrogens is 514 g/mol. The number of furan rings is 1. The lowest BCUT2D eigenvalue weighted by atomic mass is 9.95. The summed E-state index contributed by atoms with van der Waals surface area (Å²) in [5.74, 6) is -1.33. The van der Waals surface area contributed by atoms with E-state index in [2.05, 4.69) is 10.4 Å². The molecule has 0 aromatic carbocycles. The topological polar surface area (TPSA) is 86.4 Å². The van der Waals surface area contributed by atoms with Crippen LogP contribution < -0.4 is 5.32 Å². The lowest BCUT2D eigenvalue weighted by molar-refractivity contribution is 0.0526. The highest BCUT2D eigenvalue weighted by molar-refractivity contribution is 7.17. The second-order valence-corrected chi connectivity index (χ2v) is 9.18. The van der Waals surface area contributed by atoms with Crippen molar-refractivity contribution in [2.24, 2.45) is 0 Å². The smallest absolute Gasteiger partial charge is 0.341 e. The number of amides is 1. The molecule has 1 amide bonds. The van der Waals surface area contributed by atoms with Crippen molar-refractivity contribution in [3.63, 3.8) is 0 Å². The second kappa shape index (κ2) is 10.4. The van der Waals surface area contributed by atoms with E-state index in [9.17, 15) is 27.2 Å². The molecule has 4 rings (SSSR count). The Kier molecular flexibility index (Phi) is 7.50. The molecule has 0 spiro atoms. The molecule has 0 atom stereocenters. The molecule has 13 heteroatoms. The quantitative estimate of drug-likeness (QED) is 0.267. The first-order chi connectivity index (χ1) is 16.7. The molecule has 0 bridgehead atoms. The van der Waals surface area contributed by atoms with Gasteiger partial charge in [-0.2, -0.15) is 5.10 Å². The highest BCUT2D eigenvalue weighted by Crippen LogP contribution is 2.39. The van der Waals surface area contributed by atoms with Gasteiger partial charge in [-0.25, -0.2) is 22.4 Å². The number of aryl methyl sites for hydroxylation is 1. The summed E-state index contributed by atoms with van der Waals surface area (Å²) < 4.78 is 64.1. The Hall–Kier alpha value is -2.86. The van der Waals surface area contributed by atoms with E-state index in [4.69, 9.17) is 20.8 Å². The second-order valence-electron chi connectivity index (χ2n) is 7.70. The van der Waals surface area contributed by atoms with E-state index in [1.54, 1.807) is 6.92 Å². The van der Waals surface area contributed by atoms with Gasteiger partial charge in [0.2, 0.25) is 0 Å². The van der Waals surface area contributed by atoms with E-state index < -0.39 is 47.7 Å². The zero-order valence-corrected chi connectivity index (χ0v) is 19.9. The molecule has 0 radical (unpaired) electrons. The van der Waals surface area contributed by atoms with Gasteiger partial charge in [-0.1, -0.05) is 11.6 Å². The fourth-order valence-corrected chi connectivity index (χ4v) is 5.48. The van der Waals surface area contributed by atoms with Crippen LogP contribution >= 0.6 is 22.9 Å². The van der Waals surface area contributed by atoms with Crippen LogP contribution in [-0.2, 0) is 24.1 Å². The summed E-state index contributed by atoms with van der Waals surface area (Å²) in [5.41, 5.74) is -0.619. The number of rotatable bonds is 8. The first-order valence-corrected chi connectivity index (χ1v) is 11.9. The zero-order chi connectivity index (χ0) is 25.3. The van der Waals surface area contributed by atoms with Crippen LogP contribution in [0.25, 0.3) is 0 Å². The third-order valence-corrected chi connectivity index (χ3v) is 7.03. The van der Waals surface area contributed by atoms with Gasteiger partial charge >= 0.3 is 5.97 Å². The highest BCUT2D eigenvalue weighted by atomic mass is 35.5. The van der Waals surface area contributed by atoms with Gasteiger partial charge in [-0.3, -0.25) is 9.48 Å². The number of anilines is 1. The van der Waals surface area contributed by atoms with E-state index in [-0.39, 0.29) is 18.1 Å². The van der Waals surface area contributed by atoms with E-state index >= 15 is 0 Å². The lowest BCUT2D eigenvalue weighted by Crippen LogP contribution is -2.15. The number of carbonyl (C=O) groups is 2. The van der Waals surface area contributed by atoms with Crippen LogP contribution in [0.2, 0.25) is 5.02 Å². The number of hydrogen-bond acceptors (Lipinski definition) is 6. The molecule has 0 saturated carbocycles. The Labute approximate surface area is 206 Å². The molecular formula is C22H20ClF4N3O4S. The Morgan fingerprint density at radius 2 is 1.97 bits per heavy atom. The Balaban J connectivity index is 1.56. The fraction of sp³-hybridized carbons (Fsp3) is 0.409. The predicted octanol–water partition coefficient (Wildman–Crippen LogP) is 6.42. The van der Waals surface area contributed by atoms with Crippen molar-refractivity contribution in [1.29, 1.82) is 0 Å². The van der Waals surface area contributed by atoms with Crippen LogP contribution in [0.4, 0.5) is 22.6 Å². The number of ether oxygens (including phenoxy) is 1. The predicted molar refractivity (Wildman–Crippen MR) is 120 cm³/mol. The zero-order valence-electron chi connectivity index (χ0n) is 18.4. The monoisotopic (exact) mass is 533 g/mol. The Bertz CT molecular complexity index is 1250. The number of fused-ring (bicyclic) bond motifs is 1. The number of halogens is 5. The maximum atomic E-state index is 13.4. The van der Waals surface area contributed by atoms with Crippen LogP contribution in [0.3, 0.4) is 0 Å². The normalized spacial score (nSPS) is 13.4. The van der Waals surface area contributed by atoms with Gasteiger partial charge < -0.3 is 14.5 Å². The van der Waals surface area contributed by atoms with E-state index in [0.717, 1.165) is 29.7 Å². The van der Waals surface area contributed by atoms with Gasteiger partial charge in [0.1, 0.15) is 22.1 Å². The standard InChI is InChI=1S/C22H20ClF4N3O4S/c1-2-33-22(32)14-11-5-3-4-6-13(11)35-21(14)28-20(31)12-8-7-10(34-12)9-30-17(19(26)27)15(23)16(29-30)18(24)25/h7-8,18-19H,2-6,9H2,1H3,(H,28,31). The number of aromatic nitrogens is 2. The van der Waals surface area contributed by atoms with Crippen molar-refractivity contribution in [3.05, 3.63) is 56.1 Å². The number of thiophene rings is 1. The number of hydrogen-bond donors (Lipinski definition) is 1. The van der Waals surface area contributed by atoms with Crippen LogP contribution in [0.1, 0.15) is 81.1 Å². The average Bonchev–Trinajstić information content (AvgIpc) is 3.49. The number of nitrogens with one attached hydrogen (secondary N) is 1. The molecule has 7 nitrogen and oxygen atoms in total. The van der Waals surface area contributed by atoms with Crippen LogP contribution in [0.5, 0.6) is 0 Å². The first kappa shape index (κ1) is 25.2. The van der Waals surface area contributed by atoms with Gasteiger partial charge in [0.25, 0.3) is 18.8 Å². The third kappa shape index (κ3) is 5.08.